The van der Waals surface area contributed by atoms with Gasteiger partial charge in [0.25, 0.3) is 5.82 Å². The molecule has 0 radical (unpaired) electrons. The van der Waals surface area contributed by atoms with E-state index in [1.165, 1.54) is 0 Å². The molecule has 0 spiro atoms. The van der Waals surface area contributed by atoms with Gasteiger partial charge in [0, 0.05) is 6.61 Å². The lowest BCUT2D eigenvalue weighted by Gasteiger charge is -1.97. The number of hydrogen-bond donors (Lipinski definition) is 2. The van der Waals surface area contributed by atoms with Gasteiger partial charge in [-0.15, -0.1) is 10.2 Å². The molecule has 1 aromatic heterocycles. The van der Waals surface area contributed by atoms with Crippen LogP contribution in [0.5, 0.6) is 0 Å². The van der Waals surface area contributed by atoms with Crippen molar-refractivity contribution in [2.24, 2.45) is 0 Å². The third-order valence-corrected chi connectivity index (χ3v) is 1.89. The Hall–Kier alpha value is -0.910. The van der Waals surface area contributed by atoms with Crippen LogP contribution >= 0.6 is 8.03 Å². The SMILES string of the molecule is CCOC(c1nn[nH]n1)[P+](=O)O. The quantitative estimate of drug-likeness (QED) is 0.648. The van der Waals surface area contributed by atoms with Gasteiger partial charge in [0.1, 0.15) is 0 Å². The standard InChI is InChI=1S/C4H7N4O3P/c1-2-11-4(12(9)10)3-5-7-8-6-3/h4H,2H2,1H3,(H-,5,6,7,8,9,10)/p+1. The van der Waals surface area contributed by atoms with Gasteiger partial charge in [-0.2, -0.15) is 10.1 Å². The fourth-order valence-electron chi connectivity index (χ4n) is 0.669. The largest absolute Gasteiger partial charge is 0.546 e. The minimum absolute atomic E-state index is 0.0976. The summed E-state index contributed by atoms with van der Waals surface area (Å²) in [6.07, 6.45) is 0. The van der Waals surface area contributed by atoms with Crippen LogP contribution in [0.2, 0.25) is 0 Å². The summed E-state index contributed by atoms with van der Waals surface area (Å²) in [5.41, 5.74) is 0. The second-order valence-electron chi connectivity index (χ2n) is 1.88. The van der Waals surface area contributed by atoms with Crippen LogP contribution in [0.25, 0.3) is 0 Å². The van der Waals surface area contributed by atoms with Gasteiger partial charge in [-0.25, -0.2) is 0 Å². The van der Waals surface area contributed by atoms with Crippen LogP contribution in [0.1, 0.15) is 18.6 Å². The highest BCUT2D eigenvalue weighted by Gasteiger charge is 2.35. The van der Waals surface area contributed by atoms with Crippen molar-refractivity contribution in [3.8, 4) is 0 Å². The molecule has 0 aliphatic carbocycles. The molecule has 0 saturated heterocycles. The van der Waals surface area contributed by atoms with E-state index in [-0.39, 0.29) is 5.82 Å². The molecule has 7 nitrogen and oxygen atoms in total. The fourth-order valence-corrected chi connectivity index (χ4v) is 1.25. The van der Waals surface area contributed by atoms with Gasteiger partial charge in [0.2, 0.25) is 0 Å². The van der Waals surface area contributed by atoms with E-state index in [1.807, 2.05) is 0 Å². The lowest BCUT2D eigenvalue weighted by Crippen LogP contribution is -2.02. The van der Waals surface area contributed by atoms with E-state index in [1.54, 1.807) is 6.92 Å². The topological polar surface area (TPSA) is 101 Å². The molecule has 2 N–H and O–H groups in total. The molecule has 2 atom stereocenters. The number of H-pyrrole nitrogens is 1. The molecular formula is C4H8N4O3P+. The van der Waals surface area contributed by atoms with Gasteiger partial charge >= 0.3 is 13.9 Å². The first-order valence-corrected chi connectivity index (χ1v) is 4.54. The highest BCUT2D eigenvalue weighted by Crippen LogP contribution is 2.35. The Morgan fingerprint density at radius 1 is 1.83 bits per heavy atom. The Kier molecular flexibility index (Phi) is 3.21. The van der Waals surface area contributed by atoms with Crippen LogP contribution in [0, 0.1) is 0 Å². The maximum Gasteiger partial charge on any atom is 0.546 e. The molecule has 1 aromatic rings. The van der Waals surface area contributed by atoms with E-state index in [0.29, 0.717) is 6.61 Å². The van der Waals surface area contributed by atoms with E-state index in [0.717, 1.165) is 0 Å². The van der Waals surface area contributed by atoms with Crippen molar-refractivity contribution in [2.75, 3.05) is 6.61 Å². The van der Waals surface area contributed by atoms with Gasteiger partial charge in [-0.3, -0.25) is 0 Å². The van der Waals surface area contributed by atoms with Gasteiger partial charge in [0.15, 0.2) is 0 Å². The van der Waals surface area contributed by atoms with E-state index < -0.39 is 13.9 Å². The predicted molar refractivity (Wildman–Crippen MR) is 38.4 cm³/mol. The van der Waals surface area contributed by atoms with Crippen molar-refractivity contribution in [2.45, 2.75) is 12.8 Å². The average molecular weight is 191 g/mol. The first kappa shape index (κ1) is 9.18. The van der Waals surface area contributed by atoms with Crippen LogP contribution in [0.15, 0.2) is 0 Å². The minimum Gasteiger partial charge on any atom is -0.327 e. The van der Waals surface area contributed by atoms with E-state index in [2.05, 4.69) is 20.6 Å². The van der Waals surface area contributed by atoms with Gasteiger partial charge in [-0.05, 0) is 16.7 Å². The van der Waals surface area contributed by atoms with E-state index in [9.17, 15) is 4.57 Å². The predicted octanol–water partition coefficient (Wildman–Crippen LogP) is -0.0305. The molecule has 2 unspecified atom stereocenters. The minimum atomic E-state index is -2.48. The number of hydrogen-bond acceptors (Lipinski definition) is 5. The Morgan fingerprint density at radius 2 is 2.58 bits per heavy atom. The van der Waals surface area contributed by atoms with Crippen molar-refractivity contribution >= 4 is 8.03 Å². The maximum absolute atomic E-state index is 10.7. The zero-order chi connectivity index (χ0) is 8.97. The highest BCUT2D eigenvalue weighted by molar-refractivity contribution is 7.38. The highest BCUT2D eigenvalue weighted by atomic mass is 31.1. The summed E-state index contributed by atoms with van der Waals surface area (Å²) in [6.45, 7) is 2.03. The third kappa shape index (κ3) is 2.04. The molecule has 0 aromatic carbocycles. The molecule has 0 amide bonds. The number of rotatable bonds is 4. The van der Waals surface area contributed by atoms with E-state index in [4.69, 9.17) is 9.63 Å². The zero-order valence-corrected chi connectivity index (χ0v) is 7.23. The molecule has 0 aliphatic rings. The van der Waals surface area contributed by atoms with Crippen molar-refractivity contribution < 1.29 is 14.2 Å². The van der Waals surface area contributed by atoms with Gasteiger partial charge in [0.05, 0.1) is 0 Å². The number of aromatic nitrogens is 4. The number of nitrogens with one attached hydrogen (secondary N) is 1. The van der Waals surface area contributed by atoms with Crippen LogP contribution in [-0.2, 0) is 9.30 Å². The molecule has 0 aliphatic heterocycles. The third-order valence-electron chi connectivity index (χ3n) is 1.11. The molecular weight excluding hydrogens is 183 g/mol. The normalized spacial score (nSPS) is 14.3. The lowest BCUT2D eigenvalue weighted by molar-refractivity contribution is 0.107. The molecule has 1 rings (SSSR count). The molecule has 8 heteroatoms. The number of tetrazole rings is 1. The molecule has 1 heterocycles. The number of ether oxygens (including phenoxy) is 1. The van der Waals surface area contributed by atoms with Crippen molar-refractivity contribution in [1.29, 1.82) is 0 Å². The summed E-state index contributed by atoms with van der Waals surface area (Å²) >= 11 is 0. The summed E-state index contributed by atoms with van der Waals surface area (Å²) in [6, 6.07) is 0. The first-order valence-electron chi connectivity index (χ1n) is 3.26. The fraction of sp³-hybridized carbons (Fsp3) is 0.750. The zero-order valence-electron chi connectivity index (χ0n) is 6.34. The lowest BCUT2D eigenvalue weighted by atomic mass is 10.6. The molecule has 66 valence electrons. The second-order valence-corrected chi connectivity index (χ2v) is 2.95. The molecule has 0 fully saturated rings. The monoisotopic (exact) mass is 191 g/mol. The average Bonchev–Trinajstić information content (AvgIpc) is 2.51. The summed E-state index contributed by atoms with van der Waals surface area (Å²) < 4.78 is 15.6. The van der Waals surface area contributed by atoms with Crippen molar-refractivity contribution in [3.05, 3.63) is 5.82 Å². The van der Waals surface area contributed by atoms with Crippen LogP contribution < -0.4 is 0 Å². The first-order chi connectivity index (χ1) is 5.75. The number of aromatic amines is 1. The smallest absolute Gasteiger partial charge is 0.327 e. The van der Waals surface area contributed by atoms with Crippen LogP contribution in [0.4, 0.5) is 0 Å². The Labute approximate surface area is 69.0 Å². The summed E-state index contributed by atoms with van der Waals surface area (Å²) in [7, 11) is -2.48. The number of nitrogens with zero attached hydrogens (tertiary/aromatic N) is 3. The van der Waals surface area contributed by atoms with Crippen molar-refractivity contribution in [3.63, 3.8) is 0 Å². The van der Waals surface area contributed by atoms with Crippen molar-refractivity contribution in [1.82, 2.24) is 20.6 Å². The summed E-state index contributed by atoms with van der Waals surface area (Å²) in [4.78, 5) is 8.78. The Balaban J connectivity index is 2.73. The van der Waals surface area contributed by atoms with E-state index >= 15 is 0 Å². The van der Waals surface area contributed by atoms with Crippen LogP contribution in [-0.4, -0.2) is 32.1 Å². The Bertz CT molecular complexity index is 251. The van der Waals surface area contributed by atoms with Crippen LogP contribution in [0.3, 0.4) is 0 Å². The summed E-state index contributed by atoms with van der Waals surface area (Å²) in [5.74, 6) is -0.885. The van der Waals surface area contributed by atoms with Gasteiger partial charge in [-0.1, -0.05) is 0 Å². The Morgan fingerprint density at radius 3 is 3.00 bits per heavy atom. The molecule has 0 saturated carbocycles. The summed E-state index contributed by atoms with van der Waals surface area (Å²) in [5, 5.41) is 12.5. The molecule has 12 heavy (non-hydrogen) atoms. The van der Waals surface area contributed by atoms with Gasteiger partial charge < -0.3 is 4.74 Å². The maximum atomic E-state index is 10.7. The molecule has 0 bridgehead atoms. The second kappa shape index (κ2) is 4.20.